The molecule has 8 nitrogen and oxygen atoms in total. The molecule has 1 fully saturated rings. The van der Waals surface area contributed by atoms with Crippen LogP contribution in [0.5, 0.6) is 0 Å². The van der Waals surface area contributed by atoms with Crippen LogP contribution in [0.4, 0.5) is 17.6 Å². The maximum atomic E-state index is 15.2. The van der Waals surface area contributed by atoms with Crippen molar-refractivity contribution < 1.29 is 37.1 Å². The largest absolute Gasteiger partial charge is 0.481 e. The maximum Gasteiger partial charge on any atom is 0.310 e. The van der Waals surface area contributed by atoms with Gasteiger partial charge in [-0.15, -0.1) is 11.3 Å². The number of nitrogens with one attached hydrogen (secondary N) is 1. The molecule has 2 N–H and O–H groups in total. The third-order valence-corrected chi connectivity index (χ3v) is 10.6. The molecule has 6 rings (SSSR count). The molecule has 274 valence electrons. The Balaban J connectivity index is 1.15. The molecule has 1 saturated heterocycles. The van der Waals surface area contributed by atoms with E-state index >= 15 is 4.39 Å². The number of carbonyl (C=O) groups excluding carboxylic acids is 2. The van der Waals surface area contributed by atoms with Gasteiger partial charge in [0.1, 0.15) is 17.7 Å². The lowest BCUT2D eigenvalue weighted by atomic mass is 9.95. The highest BCUT2D eigenvalue weighted by atomic mass is 32.1. The number of carboxylic acids is 1. The average molecular weight is 745 g/mol. The fourth-order valence-corrected chi connectivity index (χ4v) is 6.92. The van der Waals surface area contributed by atoms with Crippen LogP contribution in [0.15, 0.2) is 85.2 Å². The van der Waals surface area contributed by atoms with Gasteiger partial charge in [-0.05, 0) is 52.4 Å². The molecule has 5 aromatic rings. The Bertz CT molecular complexity index is 2170. The van der Waals surface area contributed by atoms with E-state index in [4.69, 9.17) is 0 Å². The van der Waals surface area contributed by atoms with E-state index in [1.54, 1.807) is 36.4 Å². The Morgan fingerprint density at radius 3 is 2.00 bits per heavy atom. The summed E-state index contributed by atoms with van der Waals surface area (Å²) in [6.45, 7) is 6.90. The molecule has 1 aliphatic heterocycles. The topological polar surface area (TPSA) is 112 Å². The molecule has 0 spiro atoms. The van der Waals surface area contributed by atoms with Crippen molar-refractivity contribution in [2.75, 3.05) is 13.1 Å². The predicted octanol–water partition coefficient (Wildman–Crippen LogP) is 8.11. The van der Waals surface area contributed by atoms with Gasteiger partial charge in [-0.25, -0.2) is 27.5 Å². The molecule has 53 heavy (non-hydrogen) atoms. The van der Waals surface area contributed by atoms with Crippen LogP contribution in [0, 0.1) is 17.6 Å². The normalized spacial score (nSPS) is 14.1. The standard InChI is InChI=1S/C40H36F4N4O4S/c1-39(2,3)34-14-13-33(53-34)36(49)47-32(37(50)48-20-27(21-48)38(51)52)15-22-5-7-23(8-6-22)35-45-18-26(19-46-35)28-11-9-24(16-30(28)41)25-10-12-29(31(42)17-25)40(4,43)44/h5-14,16-19,27,32H,15,20-21H2,1-4H3,(H,47,49)(H,51,52)/t32-/m0/s1. The maximum absolute atomic E-state index is 15.2. The van der Waals surface area contributed by atoms with Crippen LogP contribution in [-0.4, -0.2) is 56.9 Å². The van der Waals surface area contributed by atoms with Gasteiger partial charge >= 0.3 is 5.97 Å². The molecule has 0 bridgehead atoms. The van der Waals surface area contributed by atoms with Crippen molar-refractivity contribution in [1.29, 1.82) is 0 Å². The number of thiophene rings is 1. The van der Waals surface area contributed by atoms with Crippen LogP contribution in [0.25, 0.3) is 33.6 Å². The number of nitrogens with zero attached hydrogens (tertiary/aromatic N) is 3. The Morgan fingerprint density at radius 1 is 0.849 bits per heavy atom. The van der Waals surface area contributed by atoms with Crippen molar-refractivity contribution in [2.45, 2.75) is 51.5 Å². The molecular formula is C40H36F4N4O4S. The molecule has 1 atom stereocenters. The van der Waals surface area contributed by atoms with Gasteiger partial charge in [-0.2, -0.15) is 0 Å². The van der Waals surface area contributed by atoms with Crippen LogP contribution in [0.3, 0.4) is 0 Å². The Hall–Kier alpha value is -5.43. The van der Waals surface area contributed by atoms with E-state index in [2.05, 4.69) is 15.3 Å². The summed E-state index contributed by atoms with van der Waals surface area (Å²) < 4.78 is 56.8. The van der Waals surface area contributed by atoms with Crippen molar-refractivity contribution >= 4 is 29.1 Å². The molecule has 2 amide bonds. The SMILES string of the molecule is CC(C)(C)c1ccc(C(=O)N[C@@H](Cc2ccc(-c3ncc(-c4ccc(-c5ccc(C(C)(F)F)c(F)c5)cc4F)cn3)cc2)C(=O)N2CC(C(=O)O)C2)s1. The minimum Gasteiger partial charge on any atom is -0.481 e. The number of carbonyl (C=O) groups is 3. The number of aromatic nitrogens is 2. The summed E-state index contributed by atoms with van der Waals surface area (Å²) in [7, 11) is 0. The third kappa shape index (κ3) is 8.30. The summed E-state index contributed by atoms with van der Waals surface area (Å²) in [4.78, 5) is 49.8. The van der Waals surface area contributed by atoms with Crippen LogP contribution in [0.1, 0.15) is 53.4 Å². The highest BCUT2D eigenvalue weighted by Crippen LogP contribution is 2.34. The number of hydrogen-bond acceptors (Lipinski definition) is 6. The first-order chi connectivity index (χ1) is 25.0. The first-order valence-corrected chi connectivity index (χ1v) is 17.6. The van der Waals surface area contributed by atoms with E-state index in [0.29, 0.717) is 34.3 Å². The summed E-state index contributed by atoms with van der Waals surface area (Å²) in [5, 5.41) is 12.2. The van der Waals surface area contributed by atoms with Gasteiger partial charge in [0, 0.05) is 60.4 Å². The minimum atomic E-state index is -3.35. The quantitative estimate of drug-likeness (QED) is 0.140. The van der Waals surface area contributed by atoms with E-state index in [1.165, 1.54) is 46.8 Å². The molecular weight excluding hydrogens is 709 g/mol. The van der Waals surface area contributed by atoms with Crippen molar-refractivity contribution in [2.24, 2.45) is 5.92 Å². The second-order valence-corrected chi connectivity index (χ2v) is 15.3. The highest BCUT2D eigenvalue weighted by molar-refractivity contribution is 7.14. The summed E-state index contributed by atoms with van der Waals surface area (Å²) in [6.07, 6.45) is 3.08. The molecule has 0 unspecified atom stereocenters. The zero-order chi connectivity index (χ0) is 38.2. The molecule has 13 heteroatoms. The molecule has 3 heterocycles. The second-order valence-electron chi connectivity index (χ2n) is 14.2. The Labute approximate surface area is 307 Å². The van der Waals surface area contributed by atoms with Gasteiger partial charge in [0.25, 0.3) is 11.8 Å². The lowest BCUT2D eigenvalue weighted by Gasteiger charge is -2.38. The Kier molecular flexibility index (Phi) is 10.2. The lowest BCUT2D eigenvalue weighted by molar-refractivity contribution is -0.153. The smallest absolute Gasteiger partial charge is 0.310 e. The first kappa shape index (κ1) is 37.3. The average Bonchev–Trinajstić information content (AvgIpc) is 3.59. The number of alkyl halides is 2. The summed E-state index contributed by atoms with van der Waals surface area (Å²) in [5.74, 6) is -7.06. The number of rotatable bonds is 10. The van der Waals surface area contributed by atoms with Crippen molar-refractivity contribution in [1.82, 2.24) is 20.2 Å². The van der Waals surface area contributed by atoms with Crippen molar-refractivity contribution in [3.8, 4) is 33.6 Å². The van der Waals surface area contributed by atoms with E-state index in [-0.39, 0.29) is 47.9 Å². The number of likely N-dealkylation sites (tertiary alicyclic amines) is 1. The summed E-state index contributed by atoms with van der Waals surface area (Å²) >= 11 is 1.36. The molecule has 3 aromatic carbocycles. The fraction of sp³-hybridized carbons (Fsp3) is 0.275. The van der Waals surface area contributed by atoms with E-state index < -0.39 is 41.0 Å². The van der Waals surface area contributed by atoms with Crippen LogP contribution >= 0.6 is 11.3 Å². The monoisotopic (exact) mass is 744 g/mol. The van der Waals surface area contributed by atoms with Gasteiger partial charge in [0.05, 0.1) is 16.4 Å². The van der Waals surface area contributed by atoms with E-state index in [0.717, 1.165) is 22.6 Å². The molecule has 0 aliphatic carbocycles. The van der Waals surface area contributed by atoms with Crippen LogP contribution in [-0.2, 0) is 27.3 Å². The van der Waals surface area contributed by atoms with Gasteiger partial charge in [-0.3, -0.25) is 14.4 Å². The Morgan fingerprint density at radius 2 is 1.45 bits per heavy atom. The van der Waals surface area contributed by atoms with Crippen LogP contribution in [0.2, 0.25) is 0 Å². The van der Waals surface area contributed by atoms with Crippen LogP contribution < -0.4 is 5.32 Å². The van der Waals surface area contributed by atoms with E-state index in [1.807, 2.05) is 26.8 Å². The second kappa shape index (κ2) is 14.5. The molecule has 0 saturated carbocycles. The fourth-order valence-electron chi connectivity index (χ4n) is 5.95. The van der Waals surface area contributed by atoms with E-state index in [9.17, 15) is 32.7 Å². The van der Waals surface area contributed by atoms with Gasteiger partial charge in [0.15, 0.2) is 5.82 Å². The van der Waals surface area contributed by atoms with Gasteiger partial charge in [0.2, 0.25) is 5.91 Å². The molecule has 2 aromatic heterocycles. The van der Waals surface area contributed by atoms with Gasteiger partial charge in [-0.1, -0.05) is 63.2 Å². The number of halogens is 4. The minimum absolute atomic E-state index is 0.0740. The number of carboxylic acid groups (broad SMARTS) is 1. The zero-order valence-corrected chi connectivity index (χ0v) is 30.1. The zero-order valence-electron chi connectivity index (χ0n) is 29.3. The predicted molar refractivity (Wildman–Crippen MR) is 194 cm³/mol. The number of amides is 2. The summed E-state index contributed by atoms with van der Waals surface area (Å²) in [5.41, 5.74) is 1.64. The summed E-state index contributed by atoms with van der Waals surface area (Å²) in [6, 6.07) is 17.3. The van der Waals surface area contributed by atoms with Crippen molar-refractivity contribution in [3.63, 3.8) is 0 Å². The highest BCUT2D eigenvalue weighted by Gasteiger charge is 2.39. The van der Waals surface area contributed by atoms with Gasteiger partial charge < -0.3 is 15.3 Å². The number of benzene rings is 3. The third-order valence-electron chi connectivity index (χ3n) is 9.07. The number of aliphatic carboxylic acids is 1. The first-order valence-electron chi connectivity index (χ1n) is 16.8. The lowest BCUT2D eigenvalue weighted by Crippen LogP contribution is -2.59. The number of hydrogen-bond donors (Lipinski definition) is 2. The molecule has 1 aliphatic rings. The van der Waals surface area contributed by atoms with Crippen molar-refractivity contribution in [3.05, 3.63) is 118 Å². The molecule has 0 radical (unpaired) electrons.